The van der Waals surface area contributed by atoms with E-state index in [9.17, 15) is 4.79 Å². The first kappa shape index (κ1) is 17.1. The van der Waals surface area contributed by atoms with E-state index >= 15 is 0 Å². The summed E-state index contributed by atoms with van der Waals surface area (Å²) in [5, 5.41) is 6.61. The van der Waals surface area contributed by atoms with Gasteiger partial charge in [0.1, 0.15) is 5.58 Å². The summed E-state index contributed by atoms with van der Waals surface area (Å²) in [4.78, 5) is 15.1. The molecule has 0 saturated carbocycles. The van der Waals surface area contributed by atoms with Crippen LogP contribution in [0.1, 0.15) is 31.7 Å². The highest BCUT2D eigenvalue weighted by molar-refractivity contribution is 6.08. The molecular formula is C22H26N2O2. The average molecular weight is 350 g/mol. The molecule has 136 valence electrons. The predicted octanol–water partition coefficient (Wildman–Crippen LogP) is 4.12. The van der Waals surface area contributed by atoms with Crippen molar-refractivity contribution in [2.45, 2.75) is 38.6 Å². The van der Waals surface area contributed by atoms with Crippen LogP contribution in [0.4, 0.5) is 0 Å². The lowest BCUT2D eigenvalue weighted by molar-refractivity contribution is -0.121. The minimum Gasteiger partial charge on any atom is -0.464 e. The van der Waals surface area contributed by atoms with Crippen molar-refractivity contribution < 1.29 is 9.21 Å². The average Bonchev–Trinajstić information content (AvgIpc) is 3.07. The van der Waals surface area contributed by atoms with Gasteiger partial charge in [0, 0.05) is 30.1 Å². The summed E-state index contributed by atoms with van der Waals surface area (Å²) in [6.45, 7) is 5.54. The zero-order valence-corrected chi connectivity index (χ0v) is 15.3. The van der Waals surface area contributed by atoms with Gasteiger partial charge < -0.3 is 14.6 Å². The standard InChI is InChI=1S/C22H26N2O2/c1-2-11-24-12-9-18(10-13-24)23-21(25)14-17-15-26-20-8-7-16-5-3-4-6-19(16)22(17)20/h3-8,15,18H,2,9-14H2,1H3,(H,23,25). The number of nitrogens with one attached hydrogen (secondary N) is 1. The maximum Gasteiger partial charge on any atom is 0.224 e. The normalized spacial score (nSPS) is 16.3. The molecule has 1 N–H and O–H groups in total. The van der Waals surface area contributed by atoms with E-state index in [0.29, 0.717) is 12.5 Å². The molecule has 1 saturated heterocycles. The van der Waals surface area contributed by atoms with Gasteiger partial charge in [0.15, 0.2) is 0 Å². The fourth-order valence-electron chi connectivity index (χ4n) is 4.07. The molecule has 1 fully saturated rings. The Morgan fingerprint density at radius 1 is 1.19 bits per heavy atom. The molecule has 2 aromatic carbocycles. The SMILES string of the molecule is CCCN1CCC(NC(=O)Cc2coc3ccc4ccccc4c23)CC1. The number of piperidine rings is 1. The Hall–Kier alpha value is -2.33. The van der Waals surface area contributed by atoms with Gasteiger partial charge in [0.25, 0.3) is 0 Å². The number of likely N-dealkylation sites (tertiary alicyclic amines) is 1. The van der Waals surface area contributed by atoms with E-state index in [2.05, 4.69) is 35.3 Å². The molecule has 1 aromatic heterocycles. The molecule has 0 bridgehead atoms. The Bertz CT molecular complexity index is 907. The van der Waals surface area contributed by atoms with Crippen molar-refractivity contribution in [3.63, 3.8) is 0 Å². The first-order valence-electron chi connectivity index (χ1n) is 9.64. The van der Waals surface area contributed by atoms with Crippen molar-refractivity contribution in [2.75, 3.05) is 19.6 Å². The molecule has 1 aliphatic rings. The smallest absolute Gasteiger partial charge is 0.224 e. The van der Waals surface area contributed by atoms with Crippen LogP contribution in [0.15, 0.2) is 47.1 Å². The van der Waals surface area contributed by atoms with E-state index in [0.717, 1.165) is 54.4 Å². The van der Waals surface area contributed by atoms with Crippen LogP contribution in [-0.2, 0) is 11.2 Å². The highest BCUT2D eigenvalue weighted by Crippen LogP contribution is 2.30. The van der Waals surface area contributed by atoms with Gasteiger partial charge in [-0.15, -0.1) is 0 Å². The topological polar surface area (TPSA) is 45.5 Å². The Morgan fingerprint density at radius 2 is 2.00 bits per heavy atom. The van der Waals surface area contributed by atoms with Crippen molar-refractivity contribution in [1.29, 1.82) is 0 Å². The van der Waals surface area contributed by atoms with Crippen molar-refractivity contribution >= 4 is 27.6 Å². The lowest BCUT2D eigenvalue weighted by Crippen LogP contribution is -2.45. The molecule has 2 heterocycles. The Kier molecular flexibility index (Phi) is 4.93. The number of hydrogen-bond acceptors (Lipinski definition) is 3. The van der Waals surface area contributed by atoms with Crippen LogP contribution in [-0.4, -0.2) is 36.5 Å². The second-order valence-electron chi connectivity index (χ2n) is 7.28. The molecule has 0 aliphatic carbocycles. The van der Waals surface area contributed by atoms with Crippen LogP contribution in [0.25, 0.3) is 21.7 Å². The van der Waals surface area contributed by atoms with Gasteiger partial charge >= 0.3 is 0 Å². The number of hydrogen-bond donors (Lipinski definition) is 1. The van der Waals surface area contributed by atoms with Gasteiger partial charge in [-0.3, -0.25) is 4.79 Å². The fourth-order valence-corrected chi connectivity index (χ4v) is 4.07. The zero-order valence-electron chi connectivity index (χ0n) is 15.3. The van der Waals surface area contributed by atoms with Gasteiger partial charge in [0.05, 0.1) is 12.7 Å². The minimum atomic E-state index is 0.0922. The van der Waals surface area contributed by atoms with Gasteiger partial charge in [-0.1, -0.05) is 37.3 Å². The second-order valence-corrected chi connectivity index (χ2v) is 7.28. The molecule has 4 rings (SSSR count). The van der Waals surface area contributed by atoms with E-state index in [1.807, 2.05) is 18.2 Å². The Balaban J connectivity index is 1.46. The molecular weight excluding hydrogens is 324 g/mol. The molecule has 0 spiro atoms. The molecule has 4 heteroatoms. The monoisotopic (exact) mass is 350 g/mol. The Labute approximate surface area is 154 Å². The first-order chi connectivity index (χ1) is 12.7. The summed E-state index contributed by atoms with van der Waals surface area (Å²) < 4.78 is 5.70. The largest absolute Gasteiger partial charge is 0.464 e. The quantitative estimate of drug-likeness (QED) is 0.753. The minimum absolute atomic E-state index is 0.0922. The summed E-state index contributed by atoms with van der Waals surface area (Å²) in [7, 11) is 0. The lowest BCUT2D eigenvalue weighted by atomic mass is 10.0. The van der Waals surface area contributed by atoms with E-state index < -0.39 is 0 Å². The molecule has 1 aliphatic heterocycles. The predicted molar refractivity (Wildman–Crippen MR) is 105 cm³/mol. The number of fused-ring (bicyclic) bond motifs is 3. The number of amides is 1. The van der Waals surface area contributed by atoms with Gasteiger partial charge in [-0.2, -0.15) is 0 Å². The number of rotatable bonds is 5. The second kappa shape index (κ2) is 7.50. The zero-order chi connectivity index (χ0) is 17.9. The van der Waals surface area contributed by atoms with Crippen molar-refractivity contribution in [2.24, 2.45) is 0 Å². The number of carbonyl (C=O) groups excluding carboxylic acids is 1. The fraction of sp³-hybridized carbons (Fsp3) is 0.409. The number of furan rings is 1. The summed E-state index contributed by atoms with van der Waals surface area (Å²) in [6, 6.07) is 12.6. The Morgan fingerprint density at radius 3 is 2.81 bits per heavy atom. The van der Waals surface area contributed by atoms with Crippen LogP contribution in [0.3, 0.4) is 0 Å². The van der Waals surface area contributed by atoms with E-state index in [1.165, 1.54) is 11.8 Å². The van der Waals surface area contributed by atoms with Crippen LogP contribution in [0.5, 0.6) is 0 Å². The first-order valence-corrected chi connectivity index (χ1v) is 9.64. The molecule has 4 nitrogen and oxygen atoms in total. The number of benzene rings is 2. The highest BCUT2D eigenvalue weighted by atomic mass is 16.3. The lowest BCUT2D eigenvalue weighted by Gasteiger charge is -2.32. The van der Waals surface area contributed by atoms with Crippen LogP contribution in [0.2, 0.25) is 0 Å². The van der Waals surface area contributed by atoms with E-state index in [4.69, 9.17) is 4.42 Å². The van der Waals surface area contributed by atoms with Crippen molar-refractivity contribution in [1.82, 2.24) is 10.2 Å². The molecule has 0 unspecified atom stereocenters. The van der Waals surface area contributed by atoms with Gasteiger partial charge in [-0.25, -0.2) is 0 Å². The van der Waals surface area contributed by atoms with Crippen LogP contribution >= 0.6 is 0 Å². The summed E-state index contributed by atoms with van der Waals surface area (Å²) in [5.74, 6) is 0.0922. The number of nitrogens with zero attached hydrogens (tertiary/aromatic N) is 1. The van der Waals surface area contributed by atoms with Gasteiger partial charge in [-0.05, 0) is 42.6 Å². The highest BCUT2D eigenvalue weighted by Gasteiger charge is 2.21. The van der Waals surface area contributed by atoms with Crippen LogP contribution < -0.4 is 5.32 Å². The summed E-state index contributed by atoms with van der Waals surface area (Å²) in [5.41, 5.74) is 1.82. The molecule has 26 heavy (non-hydrogen) atoms. The third-order valence-corrected chi connectivity index (χ3v) is 5.38. The third-order valence-electron chi connectivity index (χ3n) is 5.38. The van der Waals surface area contributed by atoms with E-state index in [1.54, 1.807) is 6.26 Å². The third kappa shape index (κ3) is 3.47. The molecule has 0 radical (unpaired) electrons. The summed E-state index contributed by atoms with van der Waals surface area (Å²) >= 11 is 0. The number of carbonyl (C=O) groups is 1. The van der Waals surface area contributed by atoms with Crippen LogP contribution in [0, 0.1) is 0 Å². The summed E-state index contributed by atoms with van der Waals surface area (Å²) in [6.07, 6.45) is 5.39. The van der Waals surface area contributed by atoms with E-state index in [-0.39, 0.29) is 5.91 Å². The molecule has 1 amide bonds. The van der Waals surface area contributed by atoms with Gasteiger partial charge in [0.2, 0.25) is 5.91 Å². The van der Waals surface area contributed by atoms with Crippen molar-refractivity contribution in [3.8, 4) is 0 Å². The maximum absolute atomic E-state index is 12.6. The maximum atomic E-state index is 12.6. The molecule has 0 atom stereocenters. The molecule has 3 aromatic rings. The van der Waals surface area contributed by atoms with Crippen molar-refractivity contribution in [3.05, 3.63) is 48.2 Å².